The predicted molar refractivity (Wildman–Crippen MR) is 46.8 cm³/mol. The number of hydrogen-bond acceptors (Lipinski definition) is 4. The molecule has 0 aromatic carbocycles. The molecule has 0 radical (unpaired) electrons. The number of aromatic nitrogens is 1. The number of rotatable bonds is 4. The van der Waals surface area contributed by atoms with Crippen LogP contribution in [0.15, 0.2) is 18.3 Å². The minimum absolute atomic E-state index is 0.519. The minimum atomic E-state index is -3.77. The molecule has 0 spiro atoms. The van der Waals surface area contributed by atoms with Crippen LogP contribution < -0.4 is 0 Å². The van der Waals surface area contributed by atoms with Gasteiger partial charge in [-0.2, -0.15) is 0 Å². The largest absolute Gasteiger partial charge is 0.373 e. The van der Waals surface area contributed by atoms with E-state index in [0.29, 0.717) is 18.3 Å². The molecule has 0 unspecified atom stereocenters. The Kier molecular flexibility index (Phi) is 3.61. The Bertz CT molecular complexity index is 402. The summed E-state index contributed by atoms with van der Waals surface area (Å²) in [5.74, 6) is 0. The van der Waals surface area contributed by atoms with E-state index in [4.69, 9.17) is 5.11 Å². The number of halogens is 4. The van der Waals surface area contributed by atoms with E-state index in [2.05, 4.69) is 4.98 Å². The van der Waals surface area contributed by atoms with Crippen molar-refractivity contribution in [2.45, 2.75) is 18.5 Å². The molecule has 0 aliphatic carbocycles. The van der Waals surface area contributed by atoms with Gasteiger partial charge in [-0.3, -0.25) is 15.1 Å². The lowest BCUT2D eigenvalue weighted by Crippen LogP contribution is -2.42. The molecule has 94 valence electrons. The summed E-state index contributed by atoms with van der Waals surface area (Å²) < 4.78 is 49.5. The average molecular weight is 254 g/mol. The van der Waals surface area contributed by atoms with Crippen molar-refractivity contribution < 1.29 is 27.6 Å². The maximum Gasteiger partial charge on any atom is 0.287 e. The summed E-state index contributed by atoms with van der Waals surface area (Å²) >= 11 is 0. The van der Waals surface area contributed by atoms with Crippen LogP contribution >= 0.6 is 0 Å². The Labute approximate surface area is 91.9 Å². The summed E-state index contributed by atoms with van der Waals surface area (Å²) in [5.41, 5.74) is -5.30. The van der Waals surface area contributed by atoms with E-state index in [1.165, 1.54) is 0 Å². The number of aliphatic hydroxyl groups is 1. The lowest BCUT2D eigenvalue weighted by molar-refractivity contribution is -0.385. The first-order chi connectivity index (χ1) is 7.80. The van der Waals surface area contributed by atoms with Crippen LogP contribution in [0.4, 0.5) is 23.2 Å². The normalized spacial score (nSPS) is 12.2. The molecular weight excluding hydrogens is 248 g/mol. The summed E-state index contributed by atoms with van der Waals surface area (Å²) in [6.45, 7) is 0. The summed E-state index contributed by atoms with van der Waals surface area (Å²) in [7, 11) is 0. The zero-order chi connectivity index (χ0) is 13.2. The molecule has 0 aliphatic rings. The fourth-order valence-electron chi connectivity index (χ4n) is 1.05. The van der Waals surface area contributed by atoms with Gasteiger partial charge in [0, 0.05) is 6.07 Å². The van der Waals surface area contributed by atoms with Crippen molar-refractivity contribution in [3.8, 4) is 0 Å². The highest BCUT2D eigenvalue weighted by Gasteiger charge is 2.50. The van der Waals surface area contributed by atoms with Crippen molar-refractivity contribution in [3.63, 3.8) is 0 Å². The predicted octanol–water partition coefficient (Wildman–Crippen LogP) is 1.71. The van der Waals surface area contributed by atoms with E-state index < -0.39 is 34.8 Å². The fraction of sp³-hybridized carbons (Fsp3) is 0.375. The van der Waals surface area contributed by atoms with Crippen molar-refractivity contribution in [2.75, 3.05) is 0 Å². The molecular formula is C8H6F4N2O3. The van der Waals surface area contributed by atoms with Gasteiger partial charge in [-0.15, -0.1) is 0 Å². The van der Waals surface area contributed by atoms with Gasteiger partial charge in [0.2, 0.25) is 5.60 Å². The van der Waals surface area contributed by atoms with Gasteiger partial charge in [-0.05, 0) is 6.07 Å². The van der Waals surface area contributed by atoms with Gasteiger partial charge in [-0.25, -0.2) is 17.6 Å². The number of alkyl halides is 4. The zero-order valence-electron chi connectivity index (χ0n) is 8.06. The third kappa shape index (κ3) is 2.33. The minimum Gasteiger partial charge on any atom is -0.373 e. The van der Waals surface area contributed by atoms with Crippen molar-refractivity contribution >= 4 is 5.69 Å². The lowest BCUT2D eigenvalue weighted by atomic mass is 10.0. The van der Waals surface area contributed by atoms with Gasteiger partial charge in [0.15, 0.2) is 0 Å². The van der Waals surface area contributed by atoms with Crippen LogP contribution in [0.2, 0.25) is 0 Å². The first-order valence-electron chi connectivity index (χ1n) is 4.19. The molecule has 0 atom stereocenters. The molecule has 1 aromatic heterocycles. The van der Waals surface area contributed by atoms with E-state index in [0.717, 1.165) is 0 Å². The third-order valence-electron chi connectivity index (χ3n) is 2.03. The molecule has 0 aliphatic heterocycles. The zero-order valence-corrected chi connectivity index (χ0v) is 8.06. The Morgan fingerprint density at radius 1 is 1.29 bits per heavy atom. The topological polar surface area (TPSA) is 76.3 Å². The molecule has 0 bridgehead atoms. The van der Waals surface area contributed by atoms with Gasteiger partial charge in [0.05, 0.1) is 10.6 Å². The van der Waals surface area contributed by atoms with Crippen LogP contribution in [-0.4, -0.2) is 27.9 Å². The molecule has 0 amide bonds. The molecule has 9 heteroatoms. The first kappa shape index (κ1) is 13.3. The number of nitrogens with zero attached hydrogens (tertiary/aromatic N) is 2. The number of pyridine rings is 1. The summed E-state index contributed by atoms with van der Waals surface area (Å²) in [6.07, 6.45) is -7.02. The molecule has 0 fully saturated rings. The quantitative estimate of drug-likeness (QED) is 0.504. The molecule has 1 aromatic rings. The smallest absolute Gasteiger partial charge is 0.287 e. The highest BCUT2D eigenvalue weighted by molar-refractivity contribution is 5.29. The van der Waals surface area contributed by atoms with E-state index >= 15 is 0 Å². The van der Waals surface area contributed by atoms with Crippen LogP contribution in [0.1, 0.15) is 5.69 Å². The van der Waals surface area contributed by atoms with Crippen molar-refractivity contribution in [1.29, 1.82) is 0 Å². The highest BCUT2D eigenvalue weighted by Crippen LogP contribution is 2.33. The Balaban J connectivity index is 3.17. The van der Waals surface area contributed by atoms with E-state index in [1.807, 2.05) is 0 Å². The van der Waals surface area contributed by atoms with Gasteiger partial charge in [0.1, 0.15) is 6.20 Å². The Hall–Kier alpha value is -1.77. The van der Waals surface area contributed by atoms with Crippen molar-refractivity contribution in [2.24, 2.45) is 0 Å². The SMILES string of the molecule is O=[N+]([O-])c1ccc(C(O)(C(F)F)C(F)F)nc1. The summed E-state index contributed by atoms with van der Waals surface area (Å²) in [5, 5.41) is 19.4. The number of nitro groups is 1. The third-order valence-corrected chi connectivity index (χ3v) is 2.03. The number of hydrogen-bond donors (Lipinski definition) is 1. The van der Waals surface area contributed by atoms with Crippen LogP contribution in [0.25, 0.3) is 0 Å². The van der Waals surface area contributed by atoms with Crippen LogP contribution in [0.5, 0.6) is 0 Å². The second kappa shape index (κ2) is 4.62. The summed E-state index contributed by atoms with van der Waals surface area (Å²) in [6, 6.07) is 1.27. The van der Waals surface area contributed by atoms with Crippen LogP contribution in [-0.2, 0) is 5.60 Å². The lowest BCUT2D eigenvalue weighted by Gasteiger charge is -2.25. The van der Waals surface area contributed by atoms with Crippen molar-refractivity contribution in [3.05, 3.63) is 34.1 Å². The second-order valence-electron chi connectivity index (χ2n) is 3.09. The van der Waals surface area contributed by atoms with Crippen LogP contribution in [0.3, 0.4) is 0 Å². The molecule has 0 saturated heterocycles. The molecule has 0 saturated carbocycles. The van der Waals surface area contributed by atoms with E-state index in [-0.39, 0.29) is 0 Å². The Morgan fingerprint density at radius 3 is 2.12 bits per heavy atom. The van der Waals surface area contributed by atoms with Gasteiger partial charge >= 0.3 is 0 Å². The van der Waals surface area contributed by atoms with E-state index in [1.54, 1.807) is 0 Å². The molecule has 1 N–H and O–H groups in total. The van der Waals surface area contributed by atoms with Gasteiger partial charge in [-0.1, -0.05) is 0 Å². The van der Waals surface area contributed by atoms with E-state index in [9.17, 15) is 27.7 Å². The molecule has 1 rings (SSSR count). The standard InChI is InChI=1S/C8H6F4N2O3/c9-6(10)8(15,7(11)12)5-2-1-4(3-13-5)14(16)17/h1-3,6-7,15H. The first-order valence-corrected chi connectivity index (χ1v) is 4.19. The fourth-order valence-corrected chi connectivity index (χ4v) is 1.05. The van der Waals surface area contributed by atoms with Crippen LogP contribution in [0, 0.1) is 10.1 Å². The maximum absolute atomic E-state index is 12.4. The maximum atomic E-state index is 12.4. The van der Waals surface area contributed by atoms with Crippen molar-refractivity contribution in [1.82, 2.24) is 4.98 Å². The molecule has 1 heterocycles. The monoisotopic (exact) mass is 254 g/mol. The molecule has 17 heavy (non-hydrogen) atoms. The highest BCUT2D eigenvalue weighted by atomic mass is 19.3. The van der Waals surface area contributed by atoms with Gasteiger partial charge < -0.3 is 5.11 Å². The molecule has 5 nitrogen and oxygen atoms in total. The summed E-state index contributed by atoms with van der Waals surface area (Å²) in [4.78, 5) is 12.4. The average Bonchev–Trinajstić information content (AvgIpc) is 2.27. The van der Waals surface area contributed by atoms with Gasteiger partial charge in [0.25, 0.3) is 18.5 Å². The second-order valence-corrected chi connectivity index (χ2v) is 3.09. The Morgan fingerprint density at radius 2 is 1.82 bits per heavy atom.